The highest BCUT2D eigenvalue weighted by Gasteiger charge is 2.10. The summed E-state index contributed by atoms with van der Waals surface area (Å²) in [6, 6.07) is 23.5. The van der Waals surface area contributed by atoms with Gasteiger partial charge in [0.2, 0.25) is 0 Å². The van der Waals surface area contributed by atoms with Crippen molar-refractivity contribution in [3.05, 3.63) is 119 Å². The number of para-hydroxylation sites is 2. The molecule has 2 heterocycles. The molecule has 4 aromatic rings. The number of pyridine rings is 2. The molecule has 0 fully saturated rings. The molecule has 0 atom stereocenters. The summed E-state index contributed by atoms with van der Waals surface area (Å²) in [6.07, 6.45) is 11.5. The lowest BCUT2D eigenvalue weighted by atomic mass is 10.1. The molecule has 0 saturated heterocycles. The number of halogens is 2. The molecule has 2 aromatic carbocycles. The Morgan fingerprint density at radius 3 is 1.65 bits per heavy atom. The summed E-state index contributed by atoms with van der Waals surface area (Å²) < 4.78 is 31.1. The molecule has 2 aromatic heterocycles. The fourth-order valence-electron chi connectivity index (χ4n) is 4.57. The van der Waals surface area contributed by atoms with E-state index in [2.05, 4.69) is 66.4 Å². The van der Waals surface area contributed by atoms with E-state index in [9.17, 15) is 8.78 Å². The van der Waals surface area contributed by atoms with Gasteiger partial charge in [-0.05, 0) is 41.3 Å². The van der Waals surface area contributed by atoms with Gasteiger partial charge in [-0.2, -0.15) is 9.13 Å². The Balaban J connectivity index is 1.24. The molecule has 0 saturated carbocycles. The summed E-state index contributed by atoms with van der Waals surface area (Å²) in [5.74, 6) is 1.50. The van der Waals surface area contributed by atoms with Crippen LogP contribution in [0.5, 0.6) is 0 Å². The van der Waals surface area contributed by atoms with Crippen molar-refractivity contribution >= 4 is 57.3 Å². The fourth-order valence-corrected chi connectivity index (χ4v) is 6.65. The summed E-state index contributed by atoms with van der Waals surface area (Å²) >= 11 is 0. The quantitative estimate of drug-likeness (QED) is 0.0633. The zero-order chi connectivity index (χ0) is 30.6. The Morgan fingerprint density at radius 1 is 0.674 bits per heavy atom. The molecule has 0 N–H and O–H groups in total. The number of benzene rings is 2. The third-order valence-electron chi connectivity index (χ3n) is 7.17. The van der Waals surface area contributed by atoms with Gasteiger partial charge in [-0.1, -0.05) is 82.3 Å². The Bertz CT molecular complexity index is 1560. The molecule has 0 radical (unpaired) electrons. The van der Waals surface area contributed by atoms with E-state index in [1.54, 1.807) is 30.1 Å². The van der Waals surface area contributed by atoms with Crippen molar-refractivity contribution in [2.75, 3.05) is 48.5 Å². The Labute approximate surface area is 262 Å². The summed E-state index contributed by atoms with van der Waals surface area (Å²) in [4.78, 5) is 4.55. The lowest BCUT2D eigenvalue weighted by Gasteiger charge is -2.22. The molecule has 43 heavy (non-hydrogen) atoms. The number of rotatable bonds is 14. The molecule has 0 aliphatic rings. The van der Waals surface area contributed by atoms with Crippen molar-refractivity contribution in [3.63, 3.8) is 0 Å². The number of hydrogen-bond acceptors (Lipinski definition) is 4. The molecular formula is C35H40F2N4S2+2. The number of nitrogens with zero attached hydrogens (tertiary/aromatic N) is 4. The Kier molecular flexibility index (Phi) is 12.2. The van der Waals surface area contributed by atoms with Crippen LogP contribution in [0.3, 0.4) is 0 Å². The van der Waals surface area contributed by atoms with Crippen molar-refractivity contribution in [2.24, 2.45) is 7.05 Å². The lowest BCUT2D eigenvalue weighted by Crippen LogP contribution is -2.36. The van der Waals surface area contributed by atoms with Crippen molar-refractivity contribution in [1.82, 2.24) is 0 Å². The number of hydrogen-bond donors (Lipinski definition) is 0. The van der Waals surface area contributed by atoms with E-state index in [1.165, 1.54) is 10.6 Å². The number of aryl methyl sites for hydroxylation is 2. The van der Waals surface area contributed by atoms with Crippen LogP contribution < -0.4 is 18.9 Å². The minimum absolute atomic E-state index is 0.230. The first-order chi connectivity index (χ1) is 20.9. The van der Waals surface area contributed by atoms with E-state index in [0.29, 0.717) is 6.54 Å². The second kappa shape index (κ2) is 16.3. The van der Waals surface area contributed by atoms with E-state index in [4.69, 9.17) is 0 Å². The van der Waals surface area contributed by atoms with Crippen molar-refractivity contribution in [1.29, 1.82) is 0 Å². The van der Waals surface area contributed by atoms with E-state index in [1.807, 2.05) is 71.0 Å². The first-order valence-corrected chi connectivity index (χ1v) is 16.9. The van der Waals surface area contributed by atoms with Crippen LogP contribution in [0.1, 0.15) is 29.2 Å². The van der Waals surface area contributed by atoms with Gasteiger partial charge in [-0.25, -0.2) is 0 Å². The van der Waals surface area contributed by atoms with Crippen LogP contribution in [0.2, 0.25) is 0 Å². The first kappa shape index (κ1) is 32.3. The van der Waals surface area contributed by atoms with Crippen LogP contribution in [0, 0.1) is 11.9 Å². The van der Waals surface area contributed by atoms with Crippen LogP contribution in [0.25, 0.3) is 24.3 Å². The highest BCUT2D eigenvalue weighted by molar-refractivity contribution is 8.76. The van der Waals surface area contributed by atoms with E-state index >= 15 is 0 Å². The van der Waals surface area contributed by atoms with Gasteiger partial charge in [-0.3, -0.25) is 0 Å². The predicted octanol–water partition coefficient (Wildman–Crippen LogP) is 7.39. The van der Waals surface area contributed by atoms with E-state index in [0.717, 1.165) is 58.2 Å². The van der Waals surface area contributed by atoms with Gasteiger partial charge < -0.3 is 9.80 Å². The normalized spacial score (nSPS) is 11.5. The molecule has 8 heteroatoms. The average Bonchev–Trinajstić information content (AvgIpc) is 3.02. The van der Waals surface area contributed by atoms with Crippen LogP contribution >= 0.6 is 21.6 Å². The van der Waals surface area contributed by atoms with Crippen molar-refractivity contribution < 1.29 is 17.9 Å². The monoisotopic (exact) mass is 618 g/mol. The van der Waals surface area contributed by atoms with Crippen LogP contribution in [0.4, 0.5) is 20.2 Å². The molecule has 0 unspecified atom stereocenters. The Morgan fingerprint density at radius 2 is 1.16 bits per heavy atom. The van der Waals surface area contributed by atoms with E-state index < -0.39 is 0 Å². The van der Waals surface area contributed by atoms with Crippen LogP contribution in [-0.2, 0) is 13.6 Å². The SMILES string of the molecule is CC[n+]1ccc(/C=C/c2ccccc2N(C)CCSSCCN(C)c2ccccc2/C=C/c2cc[n+](C)c(F)c2)cc1F. The van der Waals surface area contributed by atoms with Gasteiger partial charge in [0.25, 0.3) is 0 Å². The molecule has 0 aliphatic carbocycles. The summed E-state index contributed by atoms with van der Waals surface area (Å²) in [7, 11) is 9.69. The van der Waals surface area contributed by atoms with Crippen LogP contribution in [0.15, 0.2) is 85.2 Å². The molecule has 0 spiro atoms. The predicted molar refractivity (Wildman–Crippen MR) is 182 cm³/mol. The highest BCUT2D eigenvalue weighted by Crippen LogP contribution is 2.27. The maximum Gasteiger partial charge on any atom is 0.360 e. The first-order valence-electron chi connectivity index (χ1n) is 14.4. The summed E-state index contributed by atoms with van der Waals surface area (Å²) in [6.45, 7) is 4.37. The minimum Gasteiger partial charge on any atom is -0.373 e. The molecule has 4 nitrogen and oxygen atoms in total. The summed E-state index contributed by atoms with van der Waals surface area (Å²) in [5.41, 5.74) is 6.19. The molecule has 0 bridgehead atoms. The van der Waals surface area contributed by atoms with Crippen molar-refractivity contribution in [2.45, 2.75) is 13.5 Å². The van der Waals surface area contributed by atoms with Gasteiger partial charge in [0.1, 0.15) is 13.6 Å². The average molecular weight is 619 g/mol. The van der Waals surface area contributed by atoms with Gasteiger partial charge in [-0.15, -0.1) is 8.78 Å². The third-order valence-corrected chi connectivity index (χ3v) is 9.54. The molecule has 0 aliphatic heterocycles. The largest absolute Gasteiger partial charge is 0.373 e. The van der Waals surface area contributed by atoms with Gasteiger partial charge in [0.05, 0.1) is 0 Å². The standard InChI is InChI=1S/C35H40F2N4S2/c1-5-41-21-19-29(27-35(41)37)15-17-31-11-7-9-13-33(31)39(3)23-25-43-42-24-22-38(2)32-12-8-6-10-30(32)16-14-28-18-20-40(4)34(36)26-28/h6-21,26-27H,5,22-25H2,1-4H3/q+2. The second-order valence-electron chi connectivity index (χ2n) is 10.2. The van der Waals surface area contributed by atoms with Gasteiger partial charge >= 0.3 is 11.9 Å². The topological polar surface area (TPSA) is 14.2 Å². The maximum atomic E-state index is 14.2. The van der Waals surface area contributed by atoms with Crippen molar-refractivity contribution in [3.8, 4) is 0 Å². The zero-order valence-corrected chi connectivity index (χ0v) is 26.9. The van der Waals surface area contributed by atoms with E-state index in [-0.39, 0.29) is 11.9 Å². The molecule has 4 rings (SSSR count). The molecular weight excluding hydrogens is 579 g/mol. The maximum absolute atomic E-state index is 14.2. The second-order valence-corrected chi connectivity index (χ2v) is 12.9. The Hall–Kier alpha value is -3.62. The lowest BCUT2D eigenvalue weighted by molar-refractivity contribution is -0.720. The molecule has 0 amide bonds. The zero-order valence-electron chi connectivity index (χ0n) is 25.3. The smallest absolute Gasteiger partial charge is 0.360 e. The number of aromatic nitrogens is 2. The van der Waals surface area contributed by atoms with Gasteiger partial charge in [0.15, 0.2) is 12.4 Å². The molecule has 224 valence electrons. The van der Waals surface area contributed by atoms with Crippen LogP contribution in [-0.4, -0.2) is 38.7 Å². The summed E-state index contributed by atoms with van der Waals surface area (Å²) in [5, 5.41) is 0. The fraction of sp³-hybridized carbons (Fsp3) is 0.257. The number of anilines is 2. The highest BCUT2D eigenvalue weighted by atomic mass is 33.1. The van der Waals surface area contributed by atoms with Gasteiger partial charge in [0, 0.05) is 74.3 Å². The third kappa shape index (κ3) is 9.43. The minimum atomic E-state index is -0.264.